The van der Waals surface area contributed by atoms with Gasteiger partial charge in [-0.2, -0.15) is 0 Å². The maximum atomic E-state index is 13.2. The van der Waals surface area contributed by atoms with Gasteiger partial charge in [-0.15, -0.1) is 20.4 Å². The number of carbonyl (C=O) groups excluding carboxylic acids is 2. The maximum Gasteiger partial charge on any atom is 0.282 e. The summed E-state index contributed by atoms with van der Waals surface area (Å²) in [6.07, 6.45) is 5.46. The number of nitrogens with one attached hydrogen (secondary N) is 2. The number of hydrogen-bond donors (Lipinski definition) is 2. The van der Waals surface area contributed by atoms with Crippen LogP contribution in [0.3, 0.4) is 0 Å². The summed E-state index contributed by atoms with van der Waals surface area (Å²) >= 11 is 2.72. The first kappa shape index (κ1) is 29.9. The summed E-state index contributed by atoms with van der Waals surface area (Å²) in [6.45, 7) is -0.739. The molecule has 2 amide bonds. The van der Waals surface area contributed by atoms with Crippen molar-refractivity contribution in [1.29, 1.82) is 0 Å². The van der Waals surface area contributed by atoms with Gasteiger partial charge in [0.15, 0.2) is 0 Å². The van der Waals surface area contributed by atoms with Crippen molar-refractivity contribution in [2.75, 3.05) is 35.7 Å². The van der Waals surface area contributed by atoms with Gasteiger partial charge in [-0.1, -0.05) is 41.2 Å². The number of hydrogen-bond acceptors (Lipinski definition) is 12. The summed E-state index contributed by atoms with van der Waals surface area (Å²) < 4.78 is 31.5. The van der Waals surface area contributed by atoms with Crippen molar-refractivity contribution >= 4 is 50.6 Å². The van der Waals surface area contributed by atoms with Crippen molar-refractivity contribution in [3.8, 4) is 5.88 Å². The predicted octanol–water partition coefficient (Wildman–Crippen LogP) is 4.45. The van der Waals surface area contributed by atoms with Gasteiger partial charge in [0.2, 0.25) is 28.0 Å². The predicted molar refractivity (Wildman–Crippen MR) is 161 cm³/mol. The Morgan fingerprint density at radius 1 is 0.955 bits per heavy atom. The number of amides is 2. The van der Waals surface area contributed by atoms with Crippen LogP contribution < -0.4 is 20.3 Å². The summed E-state index contributed by atoms with van der Waals surface area (Å²) in [7, 11) is 1.54. The van der Waals surface area contributed by atoms with Gasteiger partial charge in [-0.05, 0) is 37.0 Å². The van der Waals surface area contributed by atoms with Crippen LogP contribution in [0.15, 0.2) is 36.5 Å². The van der Waals surface area contributed by atoms with Crippen LogP contribution in [0.2, 0.25) is 0 Å². The molecule has 4 aromatic rings. The molecule has 6 rings (SSSR count). The molecule has 2 fully saturated rings. The molecule has 0 spiro atoms. The smallest absolute Gasteiger partial charge is 0.282 e. The molecule has 0 bridgehead atoms. The summed E-state index contributed by atoms with van der Waals surface area (Å²) in [5.41, 5.74) is 1.25. The van der Waals surface area contributed by atoms with Crippen LogP contribution in [0, 0.1) is 0 Å². The van der Waals surface area contributed by atoms with Crippen LogP contribution in [-0.2, 0) is 22.4 Å². The lowest BCUT2D eigenvalue weighted by Gasteiger charge is -2.39. The minimum absolute atomic E-state index is 0.00854. The van der Waals surface area contributed by atoms with E-state index in [0.29, 0.717) is 27.7 Å². The zero-order valence-corrected chi connectivity index (χ0v) is 25.3. The molecule has 44 heavy (non-hydrogen) atoms. The van der Waals surface area contributed by atoms with Crippen molar-refractivity contribution in [1.82, 2.24) is 30.4 Å². The highest BCUT2D eigenvalue weighted by Crippen LogP contribution is 2.43. The van der Waals surface area contributed by atoms with Gasteiger partial charge in [0.1, 0.15) is 15.8 Å². The maximum absolute atomic E-state index is 13.2. The molecule has 12 nitrogen and oxygen atoms in total. The van der Waals surface area contributed by atoms with Crippen molar-refractivity contribution in [2.45, 2.75) is 56.3 Å². The topological polar surface area (TPSA) is 148 Å². The van der Waals surface area contributed by atoms with Gasteiger partial charge in [-0.25, -0.2) is 18.7 Å². The minimum atomic E-state index is -2.70. The fraction of sp³-hybridized carbons (Fsp3) is 0.429. The molecule has 4 aromatic heterocycles. The van der Waals surface area contributed by atoms with E-state index in [1.807, 2.05) is 0 Å². The van der Waals surface area contributed by atoms with Crippen molar-refractivity contribution in [3.63, 3.8) is 0 Å². The van der Waals surface area contributed by atoms with Gasteiger partial charge in [0, 0.05) is 24.1 Å². The first-order valence-corrected chi connectivity index (χ1v) is 15.7. The van der Waals surface area contributed by atoms with Crippen LogP contribution in [0.4, 0.5) is 24.9 Å². The third-order valence-electron chi connectivity index (χ3n) is 7.42. The zero-order valence-electron chi connectivity index (χ0n) is 23.7. The number of rotatable bonds is 10. The third-order valence-corrected chi connectivity index (χ3v) is 9.42. The van der Waals surface area contributed by atoms with E-state index >= 15 is 0 Å². The number of pyridine rings is 2. The largest absolute Gasteiger partial charge is 0.481 e. The molecule has 2 N–H and O–H groups in total. The van der Waals surface area contributed by atoms with Crippen molar-refractivity contribution in [2.24, 2.45) is 0 Å². The van der Waals surface area contributed by atoms with Crippen LogP contribution in [-0.4, -0.2) is 68.3 Å². The van der Waals surface area contributed by atoms with E-state index < -0.39 is 5.92 Å². The van der Waals surface area contributed by atoms with E-state index in [2.05, 4.69) is 41.0 Å². The molecule has 1 aliphatic heterocycles. The Hall–Kier alpha value is -4.18. The number of ether oxygens (including phenoxy) is 1. The first-order valence-electron chi connectivity index (χ1n) is 14.1. The van der Waals surface area contributed by atoms with Crippen LogP contribution in [0.1, 0.15) is 58.8 Å². The molecule has 2 atom stereocenters. The van der Waals surface area contributed by atoms with Crippen molar-refractivity contribution < 1.29 is 23.1 Å². The summed E-state index contributed by atoms with van der Waals surface area (Å²) in [5.74, 6) is -1.95. The second-order valence-electron chi connectivity index (χ2n) is 10.8. The number of aromatic nitrogens is 6. The second kappa shape index (κ2) is 12.8. The Labute approximate surface area is 259 Å². The second-order valence-corrected chi connectivity index (χ2v) is 12.8. The van der Waals surface area contributed by atoms with Crippen LogP contribution in [0.25, 0.3) is 0 Å². The number of alkyl halides is 2. The fourth-order valence-electron chi connectivity index (χ4n) is 5.27. The number of halogens is 2. The lowest BCUT2D eigenvalue weighted by Crippen LogP contribution is -2.56. The molecule has 5 heterocycles. The Balaban J connectivity index is 1.00. The quantitative estimate of drug-likeness (QED) is 0.255. The molecule has 0 radical (unpaired) electrons. The van der Waals surface area contributed by atoms with Gasteiger partial charge in [0.25, 0.3) is 5.92 Å². The number of nitrogens with zero attached hydrogens (tertiary/aromatic N) is 7. The van der Waals surface area contributed by atoms with E-state index in [0.717, 1.165) is 41.3 Å². The first-order chi connectivity index (χ1) is 21.2. The average molecular weight is 642 g/mol. The van der Waals surface area contributed by atoms with Gasteiger partial charge >= 0.3 is 0 Å². The van der Waals surface area contributed by atoms with Gasteiger partial charge in [-0.3, -0.25) is 9.59 Å². The highest BCUT2D eigenvalue weighted by Gasteiger charge is 2.44. The number of carbonyl (C=O) groups is 2. The Kier molecular flexibility index (Phi) is 8.70. The van der Waals surface area contributed by atoms with Gasteiger partial charge < -0.3 is 20.3 Å². The van der Waals surface area contributed by atoms with Crippen molar-refractivity contribution in [3.05, 3.63) is 57.8 Å². The molecule has 1 saturated heterocycles. The number of anilines is 3. The lowest BCUT2D eigenvalue weighted by atomic mass is 9.82. The lowest BCUT2D eigenvalue weighted by molar-refractivity contribution is -0.116. The molecular formula is C28H29F2N9O3S2. The highest BCUT2D eigenvalue weighted by atomic mass is 32.1. The van der Waals surface area contributed by atoms with Crippen LogP contribution >= 0.6 is 22.7 Å². The molecule has 1 unspecified atom stereocenters. The average Bonchev–Trinajstić information content (AvgIpc) is 3.66. The molecule has 0 aromatic carbocycles. The fourth-order valence-corrected chi connectivity index (χ4v) is 7.08. The summed E-state index contributed by atoms with van der Waals surface area (Å²) in [4.78, 5) is 35.2. The third kappa shape index (κ3) is 7.30. The zero-order chi connectivity index (χ0) is 30.7. The molecule has 1 saturated carbocycles. The molecular weight excluding hydrogens is 612 g/mol. The van der Waals surface area contributed by atoms with E-state index in [1.165, 1.54) is 34.7 Å². The normalized spacial score (nSPS) is 19.2. The standard InChI is InChI=1S/C28H29F2N9O3S2/c1-42-23-9-8-16(13-31-23)10-21(40)33-26-37-35-24(43-26)17-4-2-5-18(11-17)25-36-38-27(44-25)34-22(41)12-19-6-3-7-20(32-19)39-14-28(29,30)15-39/h3,6-9,13,17-18H,2,4-5,10-12,14-15H2,1H3,(H,33,37,40)(H,34,38,41)/t17-,18?/m0/s1. The van der Waals surface area contributed by atoms with Gasteiger partial charge in [0.05, 0.1) is 38.7 Å². The number of methoxy groups -OCH3 is 1. The SMILES string of the molecule is COc1ccc(CC(=O)Nc2nnc([C@H]3CCCC(c4nnc(NC(=O)Cc5cccc(N6CC(F)(F)C6)n5)s4)C3)s2)cn1. The Morgan fingerprint density at radius 2 is 1.61 bits per heavy atom. The Bertz CT molecular complexity index is 1620. The summed E-state index contributed by atoms with van der Waals surface area (Å²) in [6, 6.07) is 8.56. The van der Waals surface area contributed by atoms with E-state index in [9.17, 15) is 18.4 Å². The molecule has 16 heteroatoms. The monoisotopic (exact) mass is 641 g/mol. The molecule has 1 aliphatic carbocycles. The minimum Gasteiger partial charge on any atom is -0.481 e. The van der Waals surface area contributed by atoms with E-state index in [-0.39, 0.29) is 49.6 Å². The highest BCUT2D eigenvalue weighted by molar-refractivity contribution is 7.15. The van der Waals surface area contributed by atoms with E-state index in [4.69, 9.17) is 4.74 Å². The van der Waals surface area contributed by atoms with E-state index in [1.54, 1.807) is 36.5 Å². The summed E-state index contributed by atoms with van der Waals surface area (Å²) in [5, 5.41) is 25.3. The Morgan fingerprint density at radius 3 is 2.20 bits per heavy atom. The molecule has 2 aliphatic rings. The molecule has 230 valence electrons. The van der Waals surface area contributed by atoms with Crippen LogP contribution in [0.5, 0.6) is 5.88 Å².